The molecule has 16 heavy (non-hydrogen) atoms. The molecule has 0 saturated carbocycles. The molecule has 1 N–H and O–H groups in total. The second-order valence-electron chi connectivity index (χ2n) is 3.75. The maximum absolute atomic E-state index is 3.49. The molecule has 0 amide bonds. The number of benzene rings is 2. The molecule has 0 aliphatic carbocycles. The molecule has 2 aromatic carbocycles. The molecular formula is C14H14BrN. The van der Waals surface area contributed by atoms with Crippen molar-refractivity contribution in [3.05, 3.63) is 64.1 Å². The van der Waals surface area contributed by atoms with Crippen LogP contribution in [0.25, 0.3) is 0 Å². The van der Waals surface area contributed by atoms with E-state index in [9.17, 15) is 0 Å². The van der Waals surface area contributed by atoms with Crippen LogP contribution in [0.3, 0.4) is 0 Å². The van der Waals surface area contributed by atoms with E-state index >= 15 is 0 Å². The SMILES string of the molecule is CNc1ccc(Cc2cccc(Br)c2)cc1. The Hall–Kier alpha value is -1.28. The lowest BCUT2D eigenvalue weighted by molar-refractivity contribution is 1.19. The maximum Gasteiger partial charge on any atom is 0.0337 e. The summed E-state index contributed by atoms with van der Waals surface area (Å²) in [6, 6.07) is 17.0. The van der Waals surface area contributed by atoms with E-state index in [1.54, 1.807) is 0 Å². The van der Waals surface area contributed by atoms with Gasteiger partial charge in [-0.25, -0.2) is 0 Å². The van der Waals surface area contributed by atoms with Crippen molar-refractivity contribution in [2.24, 2.45) is 0 Å². The number of hydrogen-bond donors (Lipinski definition) is 1. The molecule has 2 rings (SSSR count). The highest BCUT2D eigenvalue weighted by Crippen LogP contribution is 2.16. The van der Waals surface area contributed by atoms with Gasteiger partial charge >= 0.3 is 0 Å². The van der Waals surface area contributed by atoms with E-state index in [0.29, 0.717) is 0 Å². The summed E-state index contributed by atoms with van der Waals surface area (Å²) in [6.45, 7) is 0. The summed E-state index contributed by atoms with van der Waals surface area (Å²) in [5, 5.41) is 3.12. The molecule has 0 spiro atoms. The minimum absolute atomic E-state index is 0.976. The maximum atomic E-state index is 3.49. The first-order valence-corrected chi connectivity index (χ1v) is 6.08. The second kappa shape index (κ2) is 5.17. The first kappa shape index (κ1) is 11.2. The van der Waals surface area contributed by atoms with Crippen molar-refractivity contribution < 1.29 is 0 Å². The van der Waals surface area contributed by atoms with Gasteiger partial charge in [0, 0.05) is 17.2 Å². The molecular weight excluding hydrogens is 262 g/mol. The first-order chi connectivity index (χ1) is 7.78. The summed E-state index contributed by atoms with van der Waals surface area (Å²) in [4.78, 5) is 0. The third-order valence-corrected chi connectivity index (χ3v) is 3.03. The number of hydrogen-bond acceptors (Lipinski definition) is 1. The minimum Gasteiger partial charge on any atom is -0.388 e. The van der Waals surface area contributed by atoms with Crippen LogP contribution in [-0.4, -0.2) is 7.05 Å². The lowest BCUT2D eigenvalue weighted by atomic mass is 10.1. The number of nitrogens with one attached hydrogen (secondary N) is 1. The van der Waals surface area contributed by atoms with Gasteiger partial charge in [-0.2, -0.15) is 0 Å². The smallest absolute Gasteiger partial charge is 0.0337 e. The molecule has 0 aromatic heterocycles. The lowest BCUT2D eigenvalue weighted by Gasteiger charge is -2.04. The third-order valence-electron chi connectivity index (χ3n) is 2.54. The number of anilines is 1. The fourth-order valence-electron chi connectivity index (χ4n) is 1.67. The van der Waals surface area contributed by atoms with Crippen LogP contribution in [0.5, 0.6) is 0 Å². The van der Waals surface area contributed by atoms with Crippen LogP contribution >= 0.6 is 15.9 Å². The predicted molar refractivity (Wildman–Crippen MR) is 72.9 cm³/mol. The minimum atomic E-state index is 0.976. The Morgan fingerprint density at radius 1 is 1.00 bits per heavy atom. The van der Waals surface area contributed by atoms with Crippen molar-refractivity contribution in [1.82, 2.24) is 0 Å². The average Bonchev–Trinajstić information content (AvgIpc) is 2.30. The zero-order valence-electron chi connectivity index (χ0n) is 9.20. The van der Waals surface area contributed by atoms with Crippen LogP contribution in [0.4, 0.5) is 5.69 Å². The molecule has 0 saturated heterocycles. The van der Waals surface area contributed by atoms with E-state index in [0.717, 1.165) is 16.6 Å². The number of rotatable bonds is 3. The quantitative estimate of drug-likeness (QED) is 0.890. The van der Waals surface area contributed by atoms with Crippen LogP contribution in [0, 0.1) is 0 Å². The van der Waals surface area contributed by atoms with Crippen molar-refractivity contribution in [3.63, 3.8) is 0 Å². The highest BCUT2D eigenvalue weighted by molar-refractivity contribution is 9.10. The van der Waals surface area contributed by atoms with Crippen LogP contribution in [0.2, 0.25) is 0 Å². The molecule has 0 heterocycles. The summed E-state index contributed by atoms with van der Waals surface area (Å²) in [5.41, 5.74) is 3.81. The molecule has 82 valence electrons. The molecule has 0 radical (unpaired) electrons. The number of halogens is 1. The van der Waals surface area contributed by atoms with Crippen LogP contribution in [0.1, 0.15) is 11.1 Å². The Bertz CT molecular complexity index is 462. The zero-order valence-corrected chi connectivity index (χ0v) is 10.8. The van der Waals surface area contributed by atoms with Crippen LogP contribution in [-0.2, 0) is 6.42 Å². The molecule has 0 fully saturated rings. The predicted octanol–water partition coefficient (Wildman–Crippen LogP) is 4.08. The Balaban J connectivity index is 2.14. The van der Waals surface area contributed by atoms with Crippen LogP contribution in [0.15, 0.2) is 53.0 Å². The Kier molecular flexibility index (Phi) is 3.62. The molecule has 0 atom stereocenters. The molecule has 0 unspecified atom stereocenters. The molecule has 0 bridgehead atoms. The van der Waals surface area contributed by atoms with Crippen molar-refractivity contribution in [2.75, 3.05) is 12.4 Å². The fourth-order valence-corrected chi connectivity index (χ4v) is 2.12. The van der Waals surface area contributed by atoms with E-state index in [-0.39, 0.29) is 0 Å². The van der Waals surface area contributed by atoms with Gasteiger partial charge in [0.2, 0.25) is 0 Å². The van der Waals surface area contributed by atoms with Gasteiger partial charge < -0.3 is 5.32 Å². The van der Waals surface area contributed by atoms with E-state index in [1.165, 1.54) is 11.1 Å². The zero-order chi connectivity index (χ0) is 11.4. The lowest BCUT2D eigenvalue weighted by Crippen LogP contribution is -1.90. The molecule has 1 nitrogen and oxygen atoms in total. The fraction of sp³-hybridized carbons (Fsp3) is 0.143. The molecule has 2 heteroatoms. The van der Waals surface area contributed by atoms with Gasteiger partial charge in [-0.1, -0.05) is 40.2 Å². The summed E-state index contributed by atoms with van der Waals surface area (Å²) in [6.07, 6.45) is 0.976. The standard InChI is InChI=1S/C14H14BrN/c1-16-14-7-5-11(6-8-14)9-12-3-2-4-13(15)10-12/h2-8,10,16H,9H2,1H3. The molecule has 2 aromatic rings. The van der Waals surface area contributed by atoms with Crippen molar-refractivity contribution >= 4 is 21.6 Å². The van der Waals surface area contributed by atoms with E-state index in [1.807, 2.05) is 13.1 Å². The van der Waals surface area contributed by atoms with Crippen molar-refractivity contribution in [2.45, 2.75) is 6.42 Å². The highest BCUT2D eigenvalue weighted by atomic mass is 79.9. The summed E-state index contributed by atoms with van der Waals surface area (Å²) in [7, 11) is 1.93. The van der Waals surface area contributed by atoms with Gasteiger partial charge in [-0.05, 0) is 41.8 Å². The van der Waals surface area contributed by atoms with Gasteiger partial charge in [0.15, 0.2) is 0 Å². The normalized spacial score (nSPS) is 10.1. The van der Waals surface area contributed by atoms with Gasteiger partial charge in [0.25, 0.3) is 0 Å². The van der Waals surface area contributed by atoms with Gasteiger partial charge in [-0.3, -0.25) is 0 Å². The summed E-state index contributed by atoms with van der Waals surface area (Å²) in [5.74, 6) is 0. The molecule has 0 aliphatic heterocycles. The average molecular weight is 276 g/mol. The van der Waals surface area contributed by atoms with E-state index in [4.69, 9.17) is 0 Å². The second-order valence-corrected chi connectivity index (χ2v) is 4.67. The monoisotopic (exact) mass is 275 g/mol. The van der Waals surface area contributed by atoms with Gasteiger partial charge in [-0.15, -0.1) is 0 Å². The van der Waals surface area contributed by atoms with Gasteiger partial charge in [0.05, 0.1) is 0 Å². The highest BCUT2D eigenvalue weighted by Gasteiger charge is 1.97. The van der Waals surface area contributed by atoms with E-state index in [2.05, 4.69) is 63.7 Å². The third kappa shape index (κ3) is 2.86. The topological polar surface area (TPSA) is 12.0 Å². The van der Waals surface area contributed by atoms with E-state index < -0.39 is 0 Å². The summed E-state index contributed by atoms with van der Waals surface area (Å²) < 4.78 is 1.14. The molecule has 0 aliphatic rings. The van der Waals surface area contributed by atoms with Gasteiger partial charge in [0.1, 0.15) is 0 Å². The Morgan fingerprint density at radius 3 is 2.38 bits per heavy atom. The van der Waals surface area contributed by atoms with Crippen LogP contribution < -0.4 is 5.32 Å². The van der Waals surface area contributed by atoms with Crippen molar-refractivity contribution in [1.29, 1.82) is 0 Å². The van der Waals surface area contributed by atoms with Crippen molar-refractivity contribution in [3.8, 4) is 0 Å². The Labute approximate surface area is 105 Å². The Morgan fingerprint density at radius 2 is 1.75 bits per heavy atom. The largest absolute Gasteiger partial charge is 0.388 e. The first-order valence-electron chi connectivity index (χ1n) is 5.29. The summed E-state index contributed by atoms with van der Waals surface area (Å²) >= 11 is 3.49.